The van der Waals surface area contributed by atoms with E-state index in [4.69, 9.17) is 21.1 Å². The Hall–Kier alpha value is -1.34. The summed E-state index contributed by atoms with van der Waals surface area (Å²) in [6.07, 6.45) is 2.65. The van der Waals surface area contributed by atoms with Crippen molar-refractivity contribution in [3.05, 3.63) is 46.2 Å². The van der Waals surface area contributed by atoms with Gasteiger partial charge in [0.25, 0.3) is 5.56 Å². The largest absolute Gasteiger partial charge is 0.355 e. The van der Waals surface area contributed by atoms with Crippen molar-refractivity contribution in [2.45, 2.75) is 24.2 Å². The molecule has 1 fully saturated rings. The summed E-state index contributed by atoms with van der Waals surface area (Å²) in [7, 11) is 0. The van der Waals surface area contributed by atoms with Crippen LogP contribution in [0.4, 0.5) is 0 Å². The number of allylic oxidation sites excluding steroid dienone is 1. The molecule has 23 heavy (non-hydrogen) atoms. The summed E-state index contributed by atoms with van der Waals surface area (Å²) in [5.41, 5.74) is 0.544. The van der Waals surface area contributed by atoms with Crippen molar-refractivity contribution in [3.8, 4) is 0 Å². The molecule has 1 atom stereocenters. The maximum atomic E-state index is 12.7. The molecule has 0 spiro atoms. The first-order valence-corrected chi connectivity index (χ1v) is 8.68. The van der Waals surface area contributed by atoms with Crippen molar-refractivity contribution >= 4 is 34.3 Å². The van der Waals surface area contributed by atoms with Crippen LogP contribution in [0, 0.1) is 0 Å². The van der Waals surface area contributed by atoms with E-state index >= 15 is 0 Å². The lowest BCUT2D eigenvalue weighted by atomic mass is 10.2. The fourth-order valence-electron chi connectivity index (χ4n) is 2.37. The number of thioether (sulfide) groups is 1. The molecule has 7 heteroatoms. The van der Waals surface area contributed by atoms with Gasteiger partial charge in [-0.05, 0) is 24.6 Å². The van der Waals surface area contributed by atoms with Gasteiger partial charge in [-0.15, -0.1) is 6.58 Å². The van der Waals surface area contributed by atoms with E-state index in [1.54, 1.807) is 28.8 Å². The molecule has 1 aromatic carbocycles. The highest BCUT2D eigenvalue weighted by atomic mass is 35.5. The van der Waals surface area contributed by atoms with Gasteiger partial charge in [-0.25, -0.2) is 4.98 Å². The number of aromatic nitrogens is 2. The summed E-state index contributed by atoms with van der Waals surface area (Å²) in [6, 6.07) is 5.17. The van der Waals surface area contributed by atoms with Gasteiger partial charge >= 0.3 is 0 Å². The monoisotopic (exact) mass is 352 g/mol. The van der Waals surface area contributed by atoms with Gasteiger partial charge in [0, 0.05) is 17.3 Å². The minimum atomic E-state index is -0.104. The predicted molar refractivity (Wildman–Crippen MR) is 92.2 cm³/mol. The van der Waals surface area contributed by atoms with Gasteiger partial charge in [-0.2, -0.15) is 0 Å². The van der Waals surface area contributed by atoms with E-state index in [-0.39, 0.29) is 11.7 Å². The molecule has 0 radical (unpaired) electrons. The molecule has 1 aliphatic heterocycles. The number of rotatable bonds is 5. The predicted octanol–water partition coefficient (Wildman–Crippen LogP) is 3.09. The number of hydrogen-bond acceptors (Lipinski definition) is 5. The highest BCUT2D eigenvalue weighted by Gasteiger charge is 2.17. The molecule has 2 heterocycles. The van der Waals surface area contributed by atoms with Crippen LogP contribution >= 0.6 is 23.4 Å². The zero-order valence-electron chi connectivity index (χ0n) is 12.5. The van der Waals surface area contributed by atoms with Crippen molar-refractivity contribution in [2.24, 2.45) is 0 Å². The third-order valence-electron chi connectivity index (χ3n) is 3.56. The molecule has 2 aromatic rings. The van der Waals surface area contributed by atoms with Gasteiger partial charge in [0.2, 0.25) is 0 Å². The molecule has 3 rings (SSSR count). The topological polar surface area (TPSA) is 53.4 Å². The number of hydrogen-bond donors (Lipinski definition) is 0. The van der Waals surface area contributed by atoms with E-state index in [2.05, 4.69) is 11.6 Å². The number of fused-ring (bicyclic) bond motifs is 1. The number of ether oxygens (including phenoxy) is 2. The second-order valence-electron chi connectivity index (χ2n) is 5.17. The van der Waals surface area contributed by atoms with Crippen LogP contribution in [0.15, 0.2) is 40.8 Å². The molecule has 0 amide bonds. The smallest absolute Gasteiger partial charge is 0.262 e. The Bertz CT molecular complexity index is 772. The van der Waals surface area contributed by atoms with Crippen molar-refractivity contribution in [2.75, 3.05) is 19.2 Å². The number of nitrogens with zero attached hydrogens (tertiary/aromatic N) is 2. The Morgan fingerprint density at radius 3 is 3.13 bits per heavy atom. The van der Waals surface area contributed by atoms with Crippen LogP contribution in [0.3, 0.4) is 0 Å². The third kappa shape index (κ3) is 3.77. The lowest BCUT2D eigenvalue weighted by Crippen LogP contribution is -2.27. The van der Waals surface area contributed by atoms with Crippen LogP contribution < -0.4 is 5.56 Å². The Balaban J connectivity index is 1.93. The van der Waals surface area contributed by atoms with Crippen LogP contribution in [-0.2, 0) is 16.0 Å². The summed E-state index contributed by atoms with van der Waals surface area (Å²) >= 11 is 7.51. The standard InChI is InChI=1S/C16H17ClN2O3S/c1-2-6-19-15(20)13-8-11(17)3-4-14(13)18-16(19)23-9-12-5-7-21-10-22-12/h2-4,8,12H,1,5-7,9-10H2/t12-/m1/s1. The minimum Gasteiger partial charge on any atom is -0.355 e. The Morgan fingerprint density at radius 2 is 2.39 bits per heavy atom. The second-order valence-corrected chi connectivity index (χ2v) is 6.60. The van der Waals surface area contributed by atoms with Crippen molar-refractivity contribution < 1.29 is 9.47 Å². The van der Waals surface area contributed by atoms with E-state index < -0.39 is 0 Å². The van der Waals surface area contributed by atoms with Crippen LogP contribution in [0.5, 0.6) is 0 Å². The SMILES string of the molecule is C=CCn1c(SC[C@H]2CCOCO2)nc2ccc(Cl)cc2c1=O. The van der Waals surface area contributed by atoms with E-state index in [0.717, 1.165) is 12.2 Å². The van der Waals surface area contributed by atoms with E-state index in [1.807, 2.05) is 0 Å². The molecule has 1 aromatic heterocycles. The normalized spacial score (nSPS) is 18.2. The Labute approximate surface area is 143 Å². The molecule has 0 bridgehead atoms. The quantitative estimate of drug-likeness (QED) is 0.470. The van der Waals surface area contributed by atoms with Gasteiger partial charge in [-0.1, -0.05) is 29.4 Å². The number of halogens is 1. The van der Waals surface area contributed by atoms with E-state index in [1.165, 1.54) is 11.8 Å². The zero-order valence-corrected chi connectivity index (χ0v) is 14.1. The zero-order chi connectivity index (χ0) is 16.2. The fraction of sp³-hybridized carbons (Fsp3) is 0.375. The van der Waals surface area contributed by atoms with Crippen LogP contribution in [0.2, 0.25) is 5.02 Å². The molecule has 1 aliphatic rings. The maximum absolute atomic E-state index is 12.7. The lowest BCUT2D eigenvalue weighted by molar-refractivity contribution is -0.130. The first-order valence-electron chi connectivity index (χ1n) is 7.32. The van der Waals surface area contributed by atoms with Crippen molar-refractivity contribution in [1.82, 2.24) is 9.55 Å². The molecule has 122 valence electrons. The highest BCUT2D eigenvalue weighted by Crippen LogP contribution is 2.23. The first-order chi connectivity index (χ1) is 11.2. The van der Waals surface area contributed by atoms with Crippen LogP contribution in [0.25, 0.3) is 10.9 Å². The summed E-state index contributed by atoms with van der Waals surface area (Å²) in [5.74, 6) is 0.728. The molecule has 0 unspecified atom stereocenters. The maximum Gasteiger partial charge on any atom is 0.262 e. The average Bonchev–Trinajstić information content (AvgIpc) is 2.57. The van der Waals surface area contributed by atoms with Crippen molar-refractivity contribution in [1.29, 1.82) is 0 Å². The minimum absolute atomic E-state index is 0.104. The summed E-state index contributed by atoms with van der Waals surface area (Å²) < 4.78 is 12.3. The summed E-state index contributed by atoms with van der Waals surface area (Å²) in [4.78, 5) is 17.3. The molecule has 0 N–H and O–H groups in total. The Morgan fingerprint density at radius 1 is 1.52 bits per heavy atom. The molecule has 1 saturated heterocycles. The molecule has 5 nitrogen and oxygen atoms in total. The van der Waals surface area contributed by atoms with Crippen LogP contribution in [-0.4, -0.2) is 34.8 Å². The molecular weight excluding hydrogens is 336 g/mol. The average molecular weight is 353 g/mol. The number of benzene rings is 1. The van der Waals surface area contributed by atoms with Crippen LogP contribution in [0.1, 0.15) is 6.42 Å². The van der Waals surface area contributed by atoms with Gasteiger partial charge < -0.3 is 9.47 Å². The molecule has 0 aliphatic carbocycles. The van der Waals surface area contributed by atoms with Crippen molar-refractivity contribution in [3.63, 3.8) is 0 Å². The van der Waals surface area contributed by atoms with Gasteiger partial charge in [0.05, 0.1) is 23.6 Å². The summed E-state index contributed by atoms with van der Waals surface area (Å²) in [6.45, 7) is 5.16. The molecular formula is C16H17ClN2O3S. The second kappa shape index (κ2) is 7.49. The summed E-state index contributed by atoms with van der Waals surface area (Å²) in [5, 5.41) is 1.71. The third-order valence-corrected chi connectivity index (χ3v) is 4.91. The van der Waals surface area contributed by atoms with Gasteiger partial charge in [0.15, 0.2) is 5.16 Å². The first kappa shape index (κ1) is 16.5. The van der Waals surface area contributed by atoms with Gasteiger partial charge in [-0.3, -0.25) is 9.36 Å². The lowest BCUT2D eigenvalue weighted by Gasteiger charge is -2.22. The molecule has 0 saturated carbocycles. The van der Waals surface area contributed by atoms with E-state index in [0.29, 0.717) is 41.0 Å². The van der Waals surface area contributed by atoms with E-state index in [9.17, 15) is 4.79 Å². The highest BCUT2D eigenvalue weighted by molar-refractivity contribution is 7.99. The van der Waals surface area contributed by atoms with Gasteiger partial charge in [0.1, 0.15) is 6.79 Å². The fourth-order valence-corrected chi connectivity index (χ4v) is 3.62. The Kier molecular flexibility index (Phi) is 5.38.